The Bertz CT molecular complexity index is 374. The van der Waals surface area contributed by atoms with Gasteiger partial charge < -0.3 is 10.2 Å². The molecule has 2 heterocycles. The van der Waals surface area contributed by atoms with Gasteiger partial charge in [-0.1, -0.05) is 13.8 Å². The summed E-state index contributed by atoms with van der Waals surface area (Å²) in [5.41, 5.74) is 6.33. The summed E-state index contributed by atoms with van der Waals surface area (Å²) in [5.74, 6) is 2.78. The van der Waals surface area contributed by atoms with Gasteiger partial charge in [0.2, 0.25) is 0 Å². The second kappa shape index (κ2) is 5.89. The number of rotatable bonds is 4. The second-order valence-corrected chi connectivity index (χ2v) is 5.71. The summed E-state index contributed by atoms with van der Waals surface area (Å²) in [7, 11) is 0. The Morgan fingerprint density at radius 2 is 2.28 bits per heavy atom. The first-order valence-electron chi connectivity index (χ1n) is 7.17. The van der Waals surface area contributed by atoms with Crippen LogP contribution in [0.15, 0.2) is 16.5 Å². The highest BCUT2D eigenvalue weighted by Crippen LogP contribution is 2.30. The van der Waals surface area contributed by atoms with E-state index >= 15 is 0 Å². The van der Waals surface area contributed by atoms with E-state index in [1.165, 1.54) is 12.8 Å². The molecule has 2 rings (SSSR count). The fourth-order valence-corrected chi connectivity index (χ4v) is 2.98. The van der Waals surface area contributed by atoms with E-state index in [1.807, 2.05) is 13.0 Å². The van der Waals surface area contributed by atoms with E-state index in [1.54, 1.807) is 0 Å². The Balaban J connectivity index is 2.19. The third kappa shape index (κ3) is 2.96. The molecule has 3 nitrogen and oxygen atoms in total. The van der Waals surface area contributed by atoms with E-state index in [0.717, 1.165) is 36.9 Å². The van der Waals surface area contributed by atoms with Gasteiger partial charge in [0, 0.05) is 12.6 Å². The van der Waals surface area contributed by atoms with Gasteiger partial charge in [-0.15, -0.1) is 0 Å². The lowest BCUT2D eigenvalue weighted by molar-refractivity contribution is 0.0967. The van der Waals surface area contributed by atoms with Crippen molar-refractivity contribution in [1.82, 2.24) is 4.90 Å². The van der Waals surface area contributed by atoms with Gasteiger partial charge >= 0.3 is 0 Å². The first kappa shape index (κ1) is 13.6. The van der Waals surface area contributed by atoms with Gasteiger partial charge in [0.15, 0.2) is 0 Å². The van der Waals surface area contributed by atoms with E-state index in [4.69, 9.17) is 10.2 Å². The number of likely N-dealkylation sites (tertiary alicyclic amines) is 1. The molecule has 18 heavy (non-hydrogen) atoms. The molecule has 1 saturated heterocycles. The largest absolute Gasteiger partial charge is 0.465 e. The number of furan rings is 1. The molecule has 3 atom stereocenters. The molecule has 0 aliphatic carbocycles. The fourth-order valence-electron chi connectivity index (χ4n) is 2.98. The summed E-state index contributed by atoms with van der Waals surface area (Å²) >= 11 is 0. The third-order valence-corrected chi connectivity index (χ3v) is 4.01. The summed E-state index contributed by atoms with van der Waals surface area (Å²) in [4.78, 5) is 2.51. The average molecular weight is 250 g/mol. The lowest BCUT2D eigenvalue weighted by atomic mass is 9.94. The molecule has 0 saturated carbocycles. The van der Waals surface area contributed by atoms with Crippen molar-refractivity contribution in [2.75, 3.05) is 13.1 Å². The number of hydrogen-bond donors (Lipinski definition) is 1. The van der Waals surface area contributed by atoms with Crippen LogP contribution >= 0.6 is 0 Å². The molecule has 1 aliphatic rings. The quantitative estimate of drug-likeness (QED) is 0.893. The monoisotopic (exact) mass is 250 g/mol. The van der Waals surface area contributed by atoms with Gasteiger partial charge in [0.1, 0.15) is 11.5 Å². The van der Waals surface area contributed by atoms with Crippen molar-refractivity contribution in [2.24, 2.45) is 11.7 Å². The summed E-state index contributed by atoms with van der Waals surface area (Å²) in [6, 6.07) is 4.53. The van der Waals surface area contributed by atoms with Crippen LogP contribution in [0.2, 0.25) is 0 Å². The lowest BCUT2D eigenvalue weighted by Gasteiger charge is -2.38. The molecule has 1 fully saturated rings. The first-order valence-corrected chi connectivity index (χ1v) is 7.17. The zero-order chi connectivity index (χ0) is 13.1. The maximum Gasteiger partial charge on any atom is 0.122 e. The van der Waals surface area contributed by atoms with E-state index in [9.17, 15) is 0 Å². The van der Waals surface area contributed by atoms with E-state index in [2.05, 4.69) is 24.8 Å². The Labute approximate surface area is 110 Å². The van der Waals surface area contributed by atoms with Crippen LogP contribution in [0.25, 0.3) is 0 Å². The van der Waals surface area contributed by atoms with Crippen LogP contribution in [0, 0.1) is 12.8 Å². The summed E-state index contributed by atoms with van der Waals surface area (Å²) in [6.45, 7) is 8.76. The molecule has 1 aromatic heterocycles. The van der Waals surface area contributed by atoms with Crippen LogP contribution in [0.5, 0.6) is 0 Å². The minimum absolute atomic E-state index is 0.154. The molecule has 0 bridgehead atoms. The minimum atomic E-state index is 0.154. The van der Waals surface area contributed by atoms with Gasteiger partial charge in [-0.25, -0.2) is 0 Å². The first-order chi connectivity index (χ1) is 8.61. The number of nitrogens with two attached hydrogens (primary N) is 1. The average Bonchev–Trinajstić information content (AvgIpc) is 2.76. The molecule has 102 valence electrons. The molecule has 0 spiro atoms. The number of nitrogens with zero attached hydrogens (tertiary/aromatic N) is 1. The van der Waals surface area contributed by atoms with Crippen LogP contribution in [0.4, 0.5) is 0 Å². The molecular formula is C15H26N2O. The molecule has 3 heteroatoms. The van der Waals surface area contributed by atoms with E-state index in [0.29, 0.717) is 0 Å². The predicted molar refractivity (Wildman–Crippen MR) is 74.4 cm³/mol. The summed E-state index contributed by atoms with van der Waals surface area (Å²) < 4.78 is 5.84. The molecule has 0 amide bonds. The van der Waals surface area contributed by atoms with Crippen molar-refractivity contribution >= 4 is 0 Å². The number of hydrogen-bond acceptors (Lipinski definition) is 3. The molecular weight excluding hydrogens is 224 g/mol. The van der Waals surface area contributed by atoms with E-state index in [-0.39, 0.29) is 12.1 Å². The van der Waals surface area contributed by atoms with Crippen molar-refractivity contribution in [1.29, 1.82) is 0 Å². The molecule has 0 radical (unpaired) electrons. The van der Waals surface area contributed by atoms with Gasteiger partial charge in [0.05, 0.1) is 6.04 Å². The second-order valence-electron chi connectivity index (χ2n) is 5.71. The summed E-state index contributed by atoms with van der Waals surface area (Å²) in [6.07, 6.45) is 3.59. The maximum absolute atomic E-state index is 6.33. The summed E-state index contributed by atoms with van der Waals surface area (Å²) in [5, 5.41) is 0. The zero-order valence-corrected chi connectivity index (χ0v) is 11.9. The van der Waals surface area contributed by atoms with Gasteiger partial charge in [-0.2, -0.15) is 0 Å². The van der Waals surface area contributed by atoms with E-state index < -0.39 is 0 Å². The zero-order valence-electron chi connectivity index (χ0n) is 11.9. The highest BCUT2D eigenvalue weighted by atomic mass is 16.3. The maximum atomic E-state index is 6.33. The van der Waals surface area contributed by atoms with Crippen molar-refractivity contribution in [3.8, 4) is 0 Å². The topological polar surface area (TPSA) is 42.4 Å². The Morgan fingerprint density at radius 3 is 2.83 bits per heavy atom. The smallest absolute Gasteiger partial charge is 0.122 e. The fraction of sp³-hybridized carbons (Fsp3) is 0.733. The standard InChI is InChI=1S/C15H26N2O/c1-4-13(16)15(14-8-7-12(3)18-14)17-9-5-6-11(2)10-17/h7-8,11,13,15H,4-6,9-10,16H2,1-3H3. The van der Waals surface area contributed by atoms with Crippen LogP contribution < -0.4 is 5.73 Å². The van der Waals surface area contributed by atoms with Gasteiger partial charge in [0.25, 0.3) is 0 Å². The van der Waals surface area contributed by atoms with Crippen molar-refractivity contribution < 1.29 is 4.42 Å². The minimum Gasteiger partial charge on any atom is -0.465 e. The van der Waals surface area contributed by atoms with Crippen LogP contribution in [-0.2, 0) is 0 Å². The van der Waals surface area contributed by atoms with Gasteiger partial charge in [-0.05, 0) is 50.8 Å². The van der Waals surface area contributed by atoms with Crippen molar-refractivity contribution in [3.05, 3.63) is 23.7 Å². The number of aryl methyl sites for hydroxylation is 1. The van der Waals surface area contributed by atoms with Crippen LogP contribution in [0.1, 0.15) is 50.7 Å². The Morgan fingerprint density at radius 1 is 1.50 bits per heavy atom. The van der Waals surface area contributed by atoms with Crippen LogP contribution in [0.3, 0.4) is 0 Å². The molecule has 1 aromatic rings. The SMILES string of the molecule is CCC(N)C(c1ccc(C)o1)N1CCCC(C)C1. The molecule has 0 aromatic carbocycles. The molecule has 1 aliphatic heterocycles. The highest BCUT2D eigenvalue weighted by Gasteiger charge is 2.30. The normalized spacial score (nSPS) is 25.0. The van der Waals surface area contributed by atoms with Crippen molar-refractivity contribution in [2.45, 2.75) is 52.1 Å². The van der Waals surface area contributed by atoms with Gasteiger partial charge in [-0.3, -0.25) is 4.90 Å². The Hall–Kier alpha value is -0.800. The highest BCUT2D eigenvalue weighted by molar-refractivity contribution is 5.12. The number of piperidine rings is 1. The predicted octanol–water partition coefficient (Wildman–Crippen LogP) is 3.10. The lowest BCUT2D eigenvalue weighted by Crippen LogP contribution is -2.45. The third-order valence-electron chi connectivity index (χ3n) is 4.01. The van der Waals surface area contributed by atoms with Crippen molar-refractivity contribution in [3.63, 3.8) is 0 Å². The van der Waals surface area contributed by atoms with Crippen LogP contribution in [-0.4, -0.2) is 24.0 Å². The Kier molecular flexibility index (Phi) is 4.46. The molecule has 2 N–H and O–H groups in total. The molecule has 3 unspecified atom stereocenters.